The molecular weight excluding hydrogens is 506 g/mol. The Morgan fingerprint density at radius 2 is 0.500 bits per heavy atom. The monoisotopic (exact) mass is 502 g/mol. The Balaban J connectivity index is -0.00000000970. The van der Waals surface area contributed by atoms with Gasteiger partial charge >= 0.3 is 113 Å². The third kappa shape index (κ3) is 205. The summed E-state index contributed by atoms with van der Waals surface area (Å²) in [5.74, 6) is 0. The first-order valence-corrected chi connectivity index (χ1v) is 4.38. The Morgan fingerprint density at radius 1 is 0.500 bits per heavy atom. The maximum Gasteiger partial charge on any atom is 2.00 e. The zero-order valence-electron chi connectivity index (χ0n) is 8.40. The summed E-state index contributed by atoms with van der Waals surface area (Å²) in [6, 6.07) is 0. The van der Waals surface area contributed by atoms with Crippen LogP contribution in [0.25, 0.3) is 0 Å². The third-order valence-electron chi connectivity index (χ3n) is 0. The van der Waals surface area contributed by atoms with E-state index in [0.717, 1.165) is 0 Å². The van der Waals surface area contributed by atoms with E-state index in [0.29, 0.717) is 0 Å². The van der Waals surface area contributed by atoms with Gasteiger partial charge in [0, 0.05) is 58.4 Å². The molecule has 16 heavy (non-hydrogen) atoms. The van der Waals surface area contributed by atoms with Crippen molar-refractivity contribution in [3.63, 3.8) is 0 Å². The van der Waals surface area contributed by atoms with Crippen molar-refractivity contribution in [1.29, 1.82) is 0 Å². The number of hydrogen-bond acceptors (Lipinski definition) is 8. The summed E-state index contributed by atoms with van der Waals surface area (Å²) in [5.41, 5.74) is 0. The molecule has 70 valence electrons. The van der Waals surface area contributed by atoms with E-state index in [9.17, 15) is 0 Å². The number of phosphoric acid groups is 2. The molecule has 0 aliphatic heterocycles. The predicted octanol–water partition coefficient (Wildman–Crippen LogP) is -6.80. The van der Waals surface area contributed by atoms with Gasteiger partial charge in [-0.3, -0.25) is 0 Å². The van der Waals surface area contributed by atoms with Crippen molar-refractivity contribution in [3.8, 4) is 0 Å². The molecule has 0 radical (unpaired) electrons. The zero-order valence-corrected chi connectivity index (χ0v) is 25.7. The molecule has 0 aromatic heterocycles. The summed E-state index contributed by atoms with van der Waals surface area (Å²) in [5, 5.41) is 0. The quantitative estimate of drug-likeness (QED) is 0.230. The van der Waals surface area contributed by atoms with Crippen molar-refractivity contribution in [1.82, 2.24) is 0 Å². The van der Waals surface area contributed by atoms with Gasteiger partial charge in [0.1, 0.15) is 0 Å². The topological polar surface area (TPSA) is 172 Å². The first-order valence-electron chi connectivity index (χ1n) is 1.46. The summed E-state index contributed by atoms with van der Waals surface area (Å²) in [6.45, 7) is 0. The maximum atomic E-state index is 8.55. The SMILES string of the molecule is O=P([O-])([O-])[O-].O=P([O-])([O-])[O-].[Ca+2].[Ca+2].[Ca+2].[Zn].[Zn].[Zn]. The van der Waals surface area contributed by atoms with Crippen LogP contribution in [0.3, 0.4) is 0 Å². The fourth-order valence-corrected chi connectivity index (χ4v) is 0. The van der Waals surface area contributed by atoms with Crippen LogP contribution in [-0.4, -0.2) is 113 Å². The fraction of sp³-hybridized carbons (Fsp3) is 0. The maximum absolute atomic E-state index is 8.55. The summed E-state index contributed by atoms with van der Waals surface area (Å²) < 4.78 is 17.1. The van der Waals surface area contributed by atoms with Gasteiger partial charge in [-0.1, -0.05) is 0 Å². The molecule has 0 aliphatic rings. The Bertz CT molecular complexity index is 141. The average Bonchev–Trinajstić information content (AvgIpc) is 1.12. The van der Waals surface area contributed by atoms with Crippen LogP contribution in [0.5, 0.6) is 0 Å². The molecule has 0 saturated carbocycles. The Hall–Kier alpha value is 5.87. The molecule has 8 nitrogen and oxygen atoms in total. The normalized spacial score (nSPS) is 7.38. The van der Waals surface area contributed by atoms with Crippen molar-refractivity contribution < 1.29 is 96.9 Å². The summed E-state index contributed by atoms with van der Waals surface area (Å²) in [6.07, 6.45) is 0. The third-order valence-corrected chi connectivity index (χ3v) is 0. The minimum Gasteiger partial charge on any atom is -0.822 e. The standard InChI is InChI=1S/3Ca.2H3O4P.3Zn/c;;;2*1-5(2,3)4;;;/h;;;2*(H3,1,2,3,4);;;/q3*+2;;;;;/p-6. The Labute approximate surface area is 220 Å². The first-order chi connectivity index (χ1) is 4.00. The Morgan fingerprint density at radius 3 is 0.500 bits per heavy atom. The van der Waals surface area contributed by atoms with Crippen LogP contribution in [0.15, 0.2) is 0 Å². The molecule has 0 bridgehead atoms. The van der Waals surface area contributed by atoms with Crippen LogP contribution in [0.1, 0.15) is 0 Å². The van der Waals surface area contributed by atoms with E-state index < -0.39 is 15.6 Å². The molecule has 0 aromatic rings. The molecule has 0 fully saturated rings. The Kier molecular flexibility index (Phi) is 79.9. The molecule has 0 spiro atoms. The second-order valence-electron chi connectivity index (χ2n) is 0.894. The molecule has 0 saturated heterocycles. The van der Waals surface area contributed by atoms with E-state index in [1.54, 1.807) is 0 Å². The van der Waals surface area contributed by atoms with Crippen LogP contribution < -0.4 is 29.4 Å². The van der Waals surface area contributed by atoms with Crippen LogP contribution in [-0.2, 0) is 67.6 Å². The van der Waals surface area contributed by atoms with Crippen LogP contribution >= 0.6 is 15.6 Å². The minimum absolute atomic E-state index is 0. The van der Waals surface area contributed by atoms with Crippen molar-refractivity contribution in [2.24, 2.45) is 0 Å². The molecule has 0 aliphatic carbocycles. The zero-order chi connectivity index (χ0) is 9.00. The van der Waals surface area contributed by atoms with Crippen molar-refractivity contribution >= 4 is 129 Å². The van der Waals surface area contributed by atoms with Crippen molar-refractivity contribution in [2.45, 2.75) is 0 Å². The number of hydrogen-bond donors (Lipinski definition) is 0. The number of rotatable bonds is 0. The molecule has 16 heteroatoms. The van der Waals surface area contributed by atoms with E-state index in [1.807, 2.05) is 0 Å². The van der Waals surface area contributed by atoms with Crippen molar-refractivity contribution in [2.75, 3.05) is 0 Å². The minimum atomic E-state index is -5.39. The van der Waals surface area contributed by atoms with E-state index in [-0.39, 0.29) is 172 Å². The van der Waals surface area contributed by atoms with Crippen LogP contribution in [0.2, 0.25) is 0 Å². The van der Waals surface area contributed by atoms with Gasteiger partial charge in [0.25, 0.3) is 0 Å². The molecule has 0 rings (SSSR count). The summed E-state index contributed by atoms with van der Waals surface area (Å²) >= 11 is 0. The summed E-state index contributed by atoms with van der Waals surface area (Å²) in [7, 11) is -10.8. The van der Waals surface area contributed by atoms with Gasteiger partial charge in [0.05, 0.1) is 0 Å². The molecule has 0 heterocycles. The predicted molar refractivity (Wildman–Crippen MR) is 32.5 cm³/mol. The average molecular weight is 506 g/mol. The molecular formula is Ca3O8P2Zn3. The van der Waals surface area contributed by atoms with Gasteiger partial charge in [-0.2, -0.15) is 15.6 Å². The van der Waals surface area contributed by atoms with Gasteiger partial charge in [-0.25, -0.2) is 0 Å². The first kappa shape index (κ1) is 49.5. The molecule has 0 aromatic carbocycles. The van der Waals surface area contributed by atoms with E-state index >= 15 is 0 Å². The van der Waals surface area contributed by atoms with Gasteiger partial charge in [0.15, 0.2) is 0 Å². The second-order valence-corrected chi connectivity index (χ2v) is 2.68. The van der Waals surface area contributed by atoms with Gasteiger partial charge in [0.2, 0.25) is 0 Å². The van der Waals surface area contributed by atoms with Crippen molar-refractivity contribution in [3.05, 3.63) is 0 Å². The smallest absolute Gasteiger partial charge is 0.822 e. The second kappa shape index (κ2) is 25.8. The van der Waals surface area contributed by atoms with Gasteiger partial charge in [-0.05, 0) is 0 Å². The van der Waals surface area contributed by atoms with E-state index in [2.05, 4.69) is 0 Å². The summed E-state index contributed by atoms with van der Waals surface area (Å²) in [4.78, 5) is 51.3. The van der Waals surface area contributed by atoms with E-state index in [1.165, 1.54) is 0 Å². The molecule has 0 amide bonds. The largest absolute Gasteiger partial charge is 2.00 e. The van der Waals surface area contributed by atoms with Crippen LogP contribution in [0.4, 0.5) is 0 Å². The molecule has 0 atom stereocenters. The molecule has 0 N–H and O–H groups in total. The van der Waals surface area contributed by atoms with Gasteiger partial charge in [-0.15, -0.1) is 0 Å². The van der Waals surface area contributed by atoms with Gasteiger partial charge < -0.3 is 38.5 Å². The van der Waals surface area contributed by atoms with E-state index in [4.69, 9.17) is 38.5 Å². The fourth-order valence-electron chi connectivity index (χ4n) is 0. The molecule has 0 unspecified atom stereocenters. The van der Waals surface area contributed by atoms with Crippen LogP contribution in [0, 0.1) is 0 Å².